The highest BCUT2D eigenvalue weighted by molar-refractivity contribution is 8.26. The number of thioether (sulfide) groups is 1. The van der Waals surface area contributed by atoms with Gasteiger partial charge >= 0.3 is 0 Å². The van der Waals surface area contributed by atoms with Gasteiger partial charge in [-0.1, -0.05) is 36.1 Å². The highest BCUT2D eigenvalue weighted by Crippen LogP contribution is 2.32. The molecule has 0 saturated carbocycles. The molecule has 0 N–H and O–H groups in total. The Kier molecular flexibility index (Phi) is 7.29. The van der Waals surface area contributed by atoms with E-state index in [0.717, 1.165) is 51.5 Å². The highest BCUT2D eigenvalue weighted by Gasteiger charge is 2.32. The molecule has 3 rings (SSSR count). The van der Waals surface area contributed by atoms with Crippen LogP contribution in [-0.4, -0.2) is 72.5 Å². The lowest BCUT2D eigenvalue weighted by molar-refractivity contribution is -0.122. The molecular formula is C20H27N3O2S2. The van der Waals surface area contributed by atoms with E-state index >= 15 is 0 Å². The zero-order valence-corrected chi connectivity index (χ0v) is 17.7. The first-order valence-corrected chi connectivity index (χ1v) is 10.7. The Morgan fingerprint density at radius 3 is 2.44 bits per heavy atom. The fraction of sp³-hybridized carbons (Fsp3) is 0.500. The topological polar surface area (TPSA) is 36.0 Å². The predicted octanol–water partition coefficient (Wildman–Crippen LogP) is 3.07. The molecule has 2 aliphatic rings. The fourth-order valence-electron chi connectivity index (χ4n) is 3.28. The van der Waals surface area contributed by atoms with Crippen LogP contribution in [0.5, 0.6) is 0 Å². The van der Waals surface area contributed by atoms with E-state index in [0.29, 0.717) is 15.8 Å². The summed E-state index contributed by atoms with van der Waals surface area (Å²) in [6.45, 7) is 11.1. The smallest absolute Gasteiger partial charge is 0.266 e. The first kappa shape index (κ1) is 20.3. The largest absolute Gasteiger partial charge is 0.379 e. The molecule has 0 spiro atoms. The molecule has 2 saturated heterocycles. The molecule has 146 valence electrons. The summed E-state index contributed by atoms with van der Waals surface area (Å²) in [6.07, 6.45) is 1.94. The molecule has 1 aromatic carbocycles. The van der Waals surface area contributed by atoms with E-state index in [2.05, 4.69) is 47.9 Å². The van der Waals surface area contributed by atoms with Crippen LogP contribution in [0.3, 0.4) is 0 Å². The van der Waals surface area contributed by atoms with Gasteiger partial charge in [-0.25, -0.2) is 0 Å². The van der Waals surface area contributed by atoms with Gasteiger partial charge in [0, 0.05) is 45.0 Å². The van der Waals surface area contributed by atoms with Gasteiger partial charge in [0.2, 0.25) is 0 Å². The van der Waals surface area contributed by atoms with Crippen molar-refractivity contribution < 1.29 is 9.53 Å². The van der Waals surface area contributed by atoms with Crippen molar-refractivity contribution >= 4 is 46.0 Å². The molecule has 2 aliphatic heterocycles. The Morgan fingerprint density at radius 2 is 1.81 bits per heavy atom. The monoisotopic (exact) mass is 405 g/mol. The molecule has 0 bridgehead atoms. The lowest BCUT2D eigenvalue weighted by atomic mass is 10.1. The van der Waals surface area contributed by atoms with E-state index in [1.807, 2.05) is 6.08 Å². The third-order valence-electron chi connectivity index (χ3n) is 4.94. The van der Waals surface area contributed by atoms with Gasteiger partial charge < -0.3 is 9.64 Å². The van der Waals surface area contributed by atoms with Gasteiger partial charge in [-0.05, 0) is 37.6 Å². The van der Waals surface area contributed by atoms with Gasteiger partial charge in [0.05, 0.1) is 18.1 Å². The van der Waals surface area contributed by atoms with Crippen molar-refractivity contribution in [2.75, 3.05) is 57.4 Å². The maximum Gasteiger partial charge on any atom is 0.266 e. The Morgan fingerprint density at radius 1 is 1.15 bits per heavy atom. The molecule has 2 fully saturated rings. The van der Waals surface area contributed by atoms with Crippen LogP contribution in [0.4, 0.5) is 5.69 Å². The third kappa shape index (κ3) is 5.10. The number of anilines is 1. The van der Waals surface area contributed by atoms with E-state index in [-0.39, 0.29) is 5.91 Å². The van der Waals surface area contributed by atoms with Gasteiger partial charge in [-0.2, -0.15) is 0 Å². The van der Waals surface area contributed by atoms with Crippen molar-refractivity contribution in [3.8, 4) is 0 Å². The summed E-state index contributed by atoms with van der Waals surface area (Å²) in [4.78, 5) is 19.8. The van der Waals surface area contributed by atoms with Crippen LogP contribution in [0, 0.1) is 0 Å². The molecule has 0 atom stereocenters. The number of nitrogens with zero attached hydrogens (tertiary/aromatic N) is 3. The average molecular weight is 406 g/mol. The molecule has 5 nitrogen and oxygen atoms in total. The van der Waals surface area contributed by atoms with E-state index in [4.69, 9.17) is 17.0 Å². The van der Waals surface area contributed by atoms with E-state index < -0.39 is 0 Å². The summed E-state index contributed by atoms with van der Waals surface area (Å²) < 4.78 is 6.02. The number of amides is 1. The Balaban J connectivity index is 1.63. The second kappa shape index (κ2) is 9.68. The van der Waals surface area contributed by atoms with Crippen LogP contribution in [0.15, 0.2) is 29.2 Å². The minimum atomic E-state index is 0.0195. The molecule has 1 amide bonds. The van der Waals surface area contributed by atoms with Crippen LogP contribution in [-0.2, 0) is 9.53 Å². The number of hydrogen-bond acceptors (Lipinski definition) is 6. The molecule has 0 radical (unpaired) electrons. The van der Waals surface area contributed by atoms with Crippen molar-refractivity contribution in [1.29, 1.82) is 0 Å². The summed E-state index contributed by atoms with van der Waals surface area (Å²) in [5.41, 5.74) is 2.23. The van der Waals surface area contributed by atoms with Crippen molar-refractivity contribution in [2.45, 2.75) is 13.8 Å². The molecule has 0 unspecified atom stereocenters. The van der Waals surface area contributed by atoms with Crippen LogP contribution < -0.4 is 4.90 Å². The van der Waals surface area contributed by atoms with Crippen LogP contribution in [0.1, 0.15) is 19.4 Å². The number of rotatable bonds is 7. The SMILES string of the molecule is CCN(CC)c1ccc(C=C2SC(=S)N(CCN3CCOCC3)C2=O)cc1. The summed E-state index contributed by atoms with van der Waals surface area (Å²) in [7, 11) is 0. The fourth-order valence-corrected chi connectivity index (χ4v) is 4.59. The highest BCUT2D eigenvalue weighted by atomic mass is 32.2. The van der Waals surface area contributed by atoms with Crippen LogP contribution in [0.25, 0.3) is 6.08 Å². The summed E-state index contributed by atoms with van der Waals surface area (Å²) in [5, 5.41) is 0. The average Bonchev–Trinajstić information content (AvgIpc) is 2.96. The van der Waals surface area contributed by atoms with Gasteiger partial charge in [-0.15, -0.1) is 0 Å². The zero-order valence-electron chi connectivity index (χ0n) is 16.0. The number of benzene rings is 1. The van der Waals surface area contributed by atoms with Crippen molar-refractivity contribution in [1.82, 2.24) is 9.80 Å². The third-order valence-corrected chi connectivity index (χ3v) is 6.31. The van der Waals surface area contributed by atoms with Gasteiger partial charge in [0.15, 0.2) is 0 Å². The van der Waals surface area contributed by atoms with E-state index in [1.54, 1.807) is 4.90 Å². The maximum atomic E-state index is 12.8. The first-order chi connectivity index (χ1) is 13.1. The van der Waals surface area contributed by atoms with Crippen LogP contribution >= 0.6 is 24.0 Å². The quantitative estimate of drug-likeness (QED) is 0.513. The van der Waals surface area contributed by atoms with Crippen molar-refractivity contribution in [3.63, 3.8) is 0 Å². The normalized spacial score (nSPS) is 19.9. The molecule has 7 heteroatoms. The standard InChI is InChI=1S/C20H27N3O2S2/c1-3-22(4-2)17-7-5-16(6-8-17)15-18-19(24)23(20(26)27-18)10-9-21-11-13-25-14-12-21/h5-8,15H,3-4,9-14H2,1-2H3. The summed E-state index contributed by atoms with van der Waals surface area (Å²) >= 11 is 6.84. The van der Waals surface area contributed by atoms with E-state index in [9.17, 15) is 4.79 Å². The Labute approximate surface area is 171 Å². The van der Waals surface area contributed by atoms with Gasteiger partial charge in [-0.3, -0.25) is 14.6 Å². The second-order valence-electron chi connectivity index (χ2n) is 6.55. The van der Waals surface area contributed by atoms with Crippen molar-refractivity contribution in [3.05, 3.63) is 34.7 Å². The lowest BCUT2D eigenvalue weighted by Crippen LogP contribution is -2.42. The number of ether oxygens (including phenoxy) is 1. The summed E-state index contributed by atoms with van der Waals surface area (Å²) in [6, 6.07) is 8.35. The molecule has 27 heavy (non-hydrogen) atoms. The van der Waals surface area contributed by atoms with Gasteiger partial charge in [0.25, 0.3) is 5.91 Å². The second-order valence-corrected chi connectivity index (χ2v) is 8.23. The molecule has 1 aromatic rings. The lowest BCUT2D eigenvalue weighted by Gasteiger charge is -2.28. The molecular weight excluding hydrogens is 378 g/mol. The molecule has 0 aromatic heterocycles. The van der Waals surface area contributed by atoms with E-state index in [1.165, 1.54) is 17.4 Å². The predicted molar refractivity (Wildman–Crippen MR) is 117 cm³/mol. The number of thiocarbonyl (C=S) groups is 1. The number of carbonyl (C=O) groups excluding carboxylic acids is 1. The number of morpholine rings is 1. The molecule has 0 aliphatic carbocycles. The van der Waals surface area contributed by atoms with Crippen molar-refractivity contribution in [2.24, 2.45) is 0 Å². The minimum Gasteiger partial charge on any atom is -0.379 e. The van der Waals surface area contributed by atoms with Crippen LogP contribution in [0.2, 0.25) is 0 Å². The summed E-state index contributed by atoms with van der Waals surface area (Å²) in [5.74, 6) is 0.0195. The number of carbonyl (C=O) groups is 1. The zero-order chi connectivity index (χ0) is 19.2. The minimum absolute atomic E-state index is 0.0195. The Bertz CT molecular complexity index is 696. The number of hydrogen-bond donors (Lipinski definition) is 0. The van der Waals surface area contributed by atoms with Gasteiger partial charge in [0.1, 0.15) is 4.32 Å². The molecule has 2 heterocycles. The maximum absolute atomic E-state index is 12.8. The first-order valence-electron chi connectivity index (χ1n) is 9.52. The Hall–Kier alpha value is -1.41.